The van der Waals surface area contributed by atoms with Gasteiger partial charge in [0, 0.05) is 62.0 Å². The number of ether oxygens (including phenoxy) is 1. The number of hydrogen-bond donors (Lipinski definition) is 1. The third-order valence-corrected chi connectivity index (χ3v) is 10.3. The fourth-order valence-corrected chi connectivity index (χ4v) is 7.63. The van der Waals surface area contributed by atoms with Crippen molar-refractivity contribution in [1.29, 1.82) is 0 Å². The molecule has 6 rings (SSSR count). The van der Waals surface area contributed by atoms with Crippen molar-refractivity contribution in [2.45, 2.75) is 71.4 Å². The molecular weight excluding hydrogens is 637 g/mol. The van der Waals surface area contributed by atoms with Gasteiger partial charge in [-0.05, 0) is 47.6 Å². The van der Waals surface area contributed by atoms with Gasteiger partial charge in [-0.25, -0.2) is 18.0 Å². The molecule has 2 saturated heterocycles. The Bertz CT molecular complexity index is 1700. The molecule has 1 atom stereocenters. The summed E-state index contributed by atoms with van der Waals surface area (Å²) in [5, 5.41) is 14.5. The SMILES string of the molecule is CC(C)(C)C(=O)N1CC2(CN(C(=O)c3cnn(Cc4ccc(F)cc4)c3)C[C@H]2COCc2cccc(C3CCC(F)(F)CC3)c2C(=O)O)C1. The molecule has 3 heterocycles. The molecule has 262 valence electrons. The molecule has 1 aromatic heterocycles. The van der Waals surface area contributed by atoms with Crippen LogP contribution in [0.1, 0.15) is 89.8 Å². The molecule has 1 aliphatic carbocycles. The van der Waals surface area contributed by atoms with Crippen LogP contribution in [0.3, 0.4) is 0 Å². The summed E-state index contributed by atoms with van der Waals surface area (Å²) in [6.07, 6.45) is 3.11. The second-order valence-electron chi connectivity index (χ2n) is 15.0. The van der Waals surface area contributed by atoms with Gasteiger partial charge in [0.2, 0.25) is 11.8 Å². The lowest BCUT2D eigenvalue weighted by atomic mass is 9.71. The highest BCUT2D eigenvalue weighted by atomic mass is 19.3. The van der Waals surface area contributed by atoms with Crippen LogP contribution in [-0.2, 0) is 22.7 Å². The van der Waals surface area contributed by atoms with E-state index in [0.29, 0.717) is 49.4 Å². The topological polar surface area (TPSA) is 105 Å². The van der Waals surface area contributed by atoms with Gasteiger partial charge in [0.05, 0.1) is 37.1 Å². The minimum absolute atomic E-state index is 0.0136. The highest BCUT2D eigenvalue weighted by molar-refractivity contribution is 5.94. The first kappa shape index (κ1) is 34.7. The first-order valence-electron chi connectivity index (χ1n) is 16.8. The Morgan fingerprint density at radius 3 is 2.33 bits per heavy atom. The van der Waals surface area contributed by atoms with Gasteiger partial charge in [-0.3, -0.25) is 14.3 Å². The van der Waals surface area contributed by atoms with E-state index in [9.17, 15) is 32.7 Å². The maximum atomic E-state index is 13.8. The highest BCUT2D eigenvalue weighted by Crippen LogP contribution is 2.46. The maximum absolute atomic E-state index is 13.8. The van der Waals surface area contributed by atoms with E-state index in [4.69, 9.17) is 4.74 Å². The zero-order valence-corrected chi connectivity index (χ0v) is 28.1. The summed E-state index contributed by atoms with van der Waals surface area (Å²) in [4.78, 5) is 42.9. The van der Waals surface area contributed by atoms with Crippen molar-refractivity contribution in [3.63, 3.8) is 0 Å². The van der Waals surface area contributed by atoms with Crippen LogP contribution in [0.25, 0.3) is 0 Å². The quantitative estimate of drug-likeness (QED) is 0.288. The molecule has 1 saturated carbocycles. The predicted octanol–water partition coefficient (Wildman–Crippen LogP) is 6.23. The summed E-state index contributed by atoms with van der Waals surface area (Å²) in [6.45, 7) is 8.04. The second kappa shape index (κ2) is 13.3. The fraction of sp³-hybridized carbons (Fsp3) is 0.514. The Hall–Kier alpha value is -4.19. The first-order chi connectivity index (χ1) is 23.1. The molecule has 2 aromatic carbocycles. The third-order valence-electron chi connectivity index (χ3n) is 10.3. The van der Waals surface area contributed by atoms with E-state index in [2.05, 4.69) is 5.10 Å². The van der Waals surface area contributed by atoms with E-state index >= 15 is 0 Å². The molecule has 3 aromatic rings. The molecule has 0 unspecified atom stereocenters. The molecule has 3 fully saturated rings. The van der Waals surface area contributed by atoms with Crippen molar-refractivity contribution >= 4 is 17.8 Å². The number of rotatable bonds is 9. The largest absolute Gasteiger partial charge is 0.478 e. The number of carboxylic acids is 1. The lowest BCUT2D eigenvalue weighted by molar-refractivity contribution is -0.155. The van der Waals surface area contributed by atoms with Crippen LogP contribution in [-0.4, -0.2) is 81.2 Å². The third kappa shape index (κ3) is 7.39. The molecule has 3 aliphatic rings. The average Bonchev–Trinajstić information content (AvgIpc) is 3.65. The number of likely N-dealkylation sites (tertiary alicyclic amines) is 2. The van der Waals surface area contributed by atoms with Crippen molar-refractivity contribution in [1.82, 2.24) is 19.6 Å². The number of hydrogen-bond acceptors (Lipinski definition) is 5. The fourth-order valence-electron chi connectivity index (χ4n) is 7.63. The zero-order chi connectivity index (χ0) is 35.1. The number of carbonyl (C=O) groups is 3. The van der Waals surface area contributed by atoms with Crippen LogP contribution in [0, 0.1) is 22.6 Å². The van der Waals surface area contributed by atoms with Crippen molar-refractivity contribution in [3.8, 4) is 0 Å². The van der Waals surface area contributed by atoms with Crippen molar-refractivity contribution < 1.29 is 37.4 Å². The van der Waals surface area contributed by atoms with Crippen LogP contribution in [0.5, 0.6) is 0 Å². The summed E-state index contributed by atoms with van der Waals surface area (Å²) >= 11 is 0. The van der Waals surface area contributed by atoms with Crippen LogP contribution < -0.4 is 0 Å². The number of aromatic carboxylic acids is 1. The summed E-state index contributed by atoms with van der Waals surface area (Å²) in [5.74, 6) is -4.69. The summed E-state index contributed by atoms with van der Waals surface area (Å²) in [6, 6.07) is 11.3. The van der Waals surface area contributed by atoms with E-state index in [1.54, 1.807) is 46.1 Å². The van der Waals surface area contributed by atoms with E-state index in [0.717, 1.165) is 5.56 Å². The molecule has 1 spiro atoms. The molecule has 9 nitrogen and oxygen atoms in total. The molecule has 12 heteroatoms. The predicted molar refractivity (Wildman–Crippen MR) is 175 cm³/mol. The zero-order valence-electron chi connectivity index (χ0n) is 28.1. The van der Waals surface area contributed by atoms with Crippen LogP contribution >= 0.6 is 0 Å². The number of benzene rings is 2. The van der Waals surface area contributed by atoms with Gasteiger partial charge in [0.25, 0.3) is 5.91 Å². The Morgan fingerprint density at radius 1 is 1.00 bits per heavy atom. The molecule has 0 bridgehead atoms. The van der Waals surface area contributed by atoms with E-state index < -0.39 is 17.3 Å². The molecule has 49 heavy (non-hydrogen) atoms. The van der Waals surface area contributed by atoms with Crippen molar-refractivity contribution in [2.24, 2.45) is 16.7 Å². The van der Waals surface area contributed by atoms with E-state index in [-0.39, 0.29) is 79.3 Å². The lowest BCUT2D eigenvalue weighted by Gasteiger charge is -2.52. The number of alkyl halides is 2. The number of halogens is 3. The molecular formula is C37H43F3N4O5. The Kier molecular flexibility index (Phi) is 9.38. The minimum atomic E-state index is -2.72. The summed E-state index contributed by atoms with van der Waals surface area (Å²) in [5.41, 5.74) is 1.49. The first-order valence-corrected chi connectivity index (χ1v) is 16.8. The Labute approximate surface area is 284 Å². The maximum Gasteiger partial charge on any atom is 0.336 e. The average molecular weight is 681 g/mol. The van der Waals surface area contributed by atoms with Gasteiger partial charge >= 0.3 is 5.97 Å². The Morgan fingerprint density at radius 2 is 1.67 bits per heavy atom. The smallest absolute Gasteiger partial charge is 0.336 e. The van der Waals surface area contributed by atoms with Gasteiger partial charge in [-0.1, -0.05) is 51.1 Å². The molecule has 0 radical (unpaired) electrons. The number of aromatic nitrogens is 2. The van der Waals surface area contributed by atoms with Crippen molar-refractivity contribution in [2.75, 3.05) is 32.8 Å². The van der Waals surface area contributed by atoms with Crippen LogP contribution in [0.2, 0.25) is 0 Å². The second-order valence-corrected chi connectivity index (χ2v) is 15.0. The van der Waals surface area contributed by atoms with E-state index in [1.807, 2.05) is 25.7 Å². The lowest BCUT2D eigenvalue weighted by Crippen LogP contribution is -2.64. The molecule has 1 N–H and O–H groups in total. The standard InChI is InChI=1S/C37H43F3N4O5/c1-35(2,3)34(48)43-22-36(23-43)21-42(32(45)27-15-41-44(17-27)16-24-7-9-29(38)10-8-24)18-28(36)20-49-19-26-5-4-6-30(31(26)33(46)47)25-11-13-37(39,40)14-12-25/h4-10,15,17,25,28H,11-14,16,18-23H2,1-3H3,(H,46,47)/t28-/m0/s1. The van der Waals surface area contributed by atoms with Gasteiger partial charge < -0.3 is 19.6 Å². The molecule has 2 amide bonds. The summed E-state index contributed by atoms with van der Waals surface area (Å²) < 4.78 is 48.9. The van der Waals surface area contributed by atoms with Crippen molar-refractivity contribution in [3.05, 3.63) is 88.5 Å². The number of amides is 2. The number of nitrogens with zero attached hydrogens (tertiary/aromatic N) is 4. The minimum Gasteiger partial charge on any atom is -0.478 e. The monoisotopic (exact) mass is 680 g/mol. The molecule has 2 aliphatic heterocycles. The van der Waals surface area contributed by atoms with E-state index in [1.165, 1.54) is 18.3 Å². The summed E-state index contributed by atoms with van der Waals surface area (Å²) in [7, 11) is 0. The van der Waals surface area contributed by atoms with Crippen LogP contribution in [0.4, 0.5) is 13.2 Å². The van der Waals surface area contributed by atoms with Gasteiger partial charge in [-0.2, -0.15) is 5.10 Å². The normalized spacial score (nSPS) is 20.4. The number of carboxylic acid groups (broad SMARTS) is 1. The van der Waals surface area contributed by atoms with Gasteiger partial charge in [0.1, 0.15) is 5.82 Å². The number of carbonyl (C=O) groups excluding carboxylic acids is 2. The Balaban J connectivity index is 1.16. The highest BCUT2D eigenvalue weighted by Gasteiger charge is 2.57. The van der Waals surface area contributed by atoms with Crippen LogP contribution in [0.15, 0.2) is 54.9 Å². The van der Waals surface area contributed by atoms with Gasteiger partial charge in [-0.15, -0.1) is 0 Å². The van der Waals surface area contributed by atoms with Gasteiger partial charge in [0.15, 0.2) is 0 Å².